The van der Waals surface area contributed by atoms with Crippen molar-refractivity contribution in [2.75, 3.05) is 20.1 Å². The third-order valence-corrected chi connectivity index (χ3v) is 1.65. The van der Waals surface area contributed by atoms with Crippen molar-refractivity contribution in [2.45, 2.75) is 6.17 Å². The average molecular weight is 131 g/mol. The molecule has 0 amide bonds. The Morgan fingerprint density at radius 1 is 1.67 bits per heavy atom. The molecular weight excluding hydrogens is 121 g/mol. The minimum absolute atomic E-state index is 0.380. The molecule has 0 bridgehead atoms. The van der Waals surface area contributed by atoms with Crippen LogP contribution < -0.4 is 0 Å². The summed E-state index contributed by atoms with van der Waals surface area (Å²) in [6.45, 7) is 0.980. The zero-order chi connectivity index (χ0) is 6.85. The van der Waals surface area contributed by atoms with Crippen LogP contribution in [0.25, 0.3) is 0 Å². The van der Waals surface area contributed by atoms with Crippen LogP contribution in [0.15, 0.2) is 0 Å². The van der Waals surface area contributed by atoms with E-state index in [-0.39, 0.29) is 5.92 Å². The van der Waals surface area contributed by atoms with Gasteiger partial charge in [0.25, 0.3) is 0 Å². The maximum Gasteiger partial charge on any atom is 0.127 e. The van der Waals surface area contributed by atoms with Crippen LogP contribution in [0.4, 0.5) is 4.39 Å². The lowest BCUT2D eigenvalue weighted by atomic mass is 10.1. The SMILES string of the molecule is CN1CC(F)C(C=O)C1. The van der Waals surface area contributed by atoms with E-state index >= 15 is 0 Å². The average Bonchev–Trinajstić information content (AvgIpc) is 2.10. The summed E-state index contributed by atoms with van der Waals surface area (Å²) in [6, 6.07) is 0. The highest BCUT2D eigenvalue weighted by Gasteiger charge is 2.29. The van der Waals surface area contributed by atoms with E-state index in [9.17, 15) is 9.18 Å². The normalized spacial score (nSPS) is 37.1. The van der Waals surface area contributed by atoms with Gasteiger partial charge in [-0.1, -0.05) is 0 Å². The van der Waals surface area contributed by atoms with E-state index < -0.39 is 6.17 Å². The van der Waals surface area contributed by atoms with Crippen molar-refractivity contribution in [1.29, 1.82) is 0 Å². The molecule has 1 rings (SSSR count). The number of carbonyl (C=O) groups excluding carboxylic acids is 1. The zero-order valence-corrected chi connectivity index (χ0v) is 5.38. The lowest BCUT2D eigenvalue weighted by molar-refractivity contribution is -0.111. The molecular formula is C6H10FNO. The standard InChI is InChI=1S/C6H10FNO/c1-8-2-5(4-9)6(7)3-8/h4-6H,2-3H2,1H3. The molecule has 2 unspecified atom stereocenters. The molecule has 0 aromatic rings. The highest BCUT2D eigenvalue weighted by molar-refractivity contribution is 5.55. The van der Waals surface area contributed by atoms with Crippen LogP contribution in [0, 0.1) is 5.92 Å². The molecule has 0 aliphatic carbocycles. The molecule has 0 saturated carbocycles. The quantitative estimate of drug-likeness (QED) is 0.470. The first-order valence-corrected chi connectivity index (χ1v) is 3.02. The fraction of sp³-hybridized carbons (Fsp3) is 0.833. The molecule has 0 radical (unpaired) electrons. The smallest absolute Gasteiger partial charge is 0.127 e. The van der Waals surface area contributed by atoms with E-state index in [1.807, 2.05) is 11.9 Å². The molecule has 0 aromatic heterocycles. The van der Waals surface area contributed by atoms with Gasteiger partial charge in [0.15, 0.2) is 0 Å². The van der Waals surface area contributed by atoms with Crippen LogP contribution in [0.2, 0.25) is 0 Å². The highest BCUT2D eigenvalue weighted by atomic mass is 19.1. The second-order valence-electron chi connectivity index (χ2n) is 2.54. The van der Waals surface area contributed by atoms with Gasteiger partial charge in [-0.2, -0.15) is 0 Å². The van der Waals surface area contributed by atoms with Gasteiger partial charge in [-0.05, 0) is 7.05 Å². The van der Waals surface area contributed by atoms with Gasteiger partial charge < -0.3 is 9.69 Å². The minimum Gasteiger partial charge on any atom is -0.303 e. The van der Waals surface area contributed by atoms with Crippen molar-refractivity contribution in [2.24, 2.45) is 5.92 Å². The Bertz CT molecular complexity index is 118. The fourth-order valence-electron chi connectivity index (χ4n) is 1.11. The summed E-state index contributed by atoms with van der Waals surface area (Å²) < 4.78 is 12.6. The molecule has 1 aliphatic rings. The lowest BCUT2D eigenvalue weighted by Crippen LogP contribution is -2.14. The van der Waals surface area contributed by atoms with E-state index in [2.05, 4.69) is 0 Å². The molecule has 1 saturated heterocycles. The molecule has 2 atom stereocenters. The number of aldehydes is 1. The number of hydrogen-bond donors (Lipinski definition) is 0. The predicted octanol–water partition coefficient (Wildman–Crippen LogP) is 0.0850. The van der Waals surface area contributed by atoms with Gasteiger partial charge in [0.2, 0.25) is 0 Å². The second kappa shape index (κ2) is 2.43. The van der Waals surface area contributed by atoms with Crippen molar-refractivity contribution in [3.05, 3.63) is 0 Å². The van der Waals surface area contributed by atoms with Crippen molar-refractivity contribution in [3.63, 3.8) is 0 Å². The third-order valence-electron chi connectivity index (χ3n) is 1.65. The summed E-state index contributed by atoms with van der Waals surface area (Å²) in [6.07, 6.45) is -0.235. The van der Waals surface area contributed by atoms with Gasteiger partial charge in [-0.15, -0.1) is 0 Å². The van der Waals surface area contributed by atoms with Crippen LogP contribution in [0.5, 0.6) is 0 Å². The van der Waals surface area contributed by atoms with Gasteiger partial charge in [-0.25, -0.2) is 4.39 Å². The molecule has 0 aromatic carbocycles. The van der Waals surface area contributed by atoms with Crippen LogP contribution in [0.3, 0.4) is 0 Å². The number of likely N-dealkylation sites (tertiary alicyclic amines) is 1. The summed E-state index contributed by atoms with van der Waals surface area (Å²) in [7, 11) is 1.82. The van der Waals surface area contributed by atoms with Crippen LogP contribution in [-0.2, 0) is 4.79 Å². The fourth-order valence-corrected chi connectivity index (χ4v) is 1.11. The van der Waals surface area contributed by atoms with Gasteiger partial charge in [0, 0.05) is 13.1 Å². The Balaban J connectivity index is 2.47. The first kappa shape index (κ1) is 6.68. The first-order chi connectivity index (χ1) is 4.24. The Kier molecular flexibility index (Phi) is 1.81. The molecule has 2 nitrogen and oxygen atoms in total. The molecule has 52 valence electrons. The Hall–Kier alpha value is -0.440. The Morgan fingerprint density at radius 2 is 2.33 bits per heavy atom. The number of hydrogen-bond acceptors (Lipinski definition) is 2. The molecule has 1 heterocycles. The van der Waals surface area contributed by atoms with E-state index in [1.54, 1.807) is 0 Å². The largest absolute Gasteiger partial charge is 0.303 e. The summed E-state index contributed by atoms with van der Waals surface area (Å²) in [5.41, 5.74) is 0. The van der Waals surface area contributed by atoms with Gasteiger partial charge in [0.1, 0.15) is 12.5 Å². The van der Waals surface area contributed by atoms with Crippen molar-refractivity contribution in [1.82, 2.24) is 4.90 Å². The van der Waals surface area contributed by atoms with Gasteiger partial charge in [0.05, 0.1) is 5.92 Å². The highest BCUT2D eigenvalue weighted by Crippen LogP contribution is 2.15. The molecule has 9 heavy (non-hydrogen) atoms. The number of alkyl halides is 1. The maximum atomic E-state index is 12.6. The monoisotopic (exact) mass is 131 g/mol. The minimum atomic E-state index is -0.938. The molecule has 0 N–H and O–H groups in total. The number of carbonyl (C=O) groups is 1. The molecule has 3 heteroatoms. The summed E-state index contributed by atoms with van der Waals surface area (Å²) in [5.74, 6) is -0.380. The number of halogens is 1. The number of nitrogens with zero attached hydrogens (tertiary/aromatic N) is 1. The number of rotatable bonds is 1. The molecule has 1 aliphatic heterocycles. The molecule has 1 fully saturated rings. The van der Waals surface area contributed by atoms with Crippen molar-refractivity contribution < 1.29 is 9.18 Å². The zero-order valence-electron chi connectivity index (χ0n) is 5.38. The van der Waals surface area contributed by atoms with E-state index in [4.69, 9.17) is 0 Å². The lowest BCUT2D eigenvalue weighted by Gasteiger charge is -2.02. The topological polar surface area (TPSA) is 20.3 Å². The van der Waals surface area contributed by atoms with Crippen LogP contribution in [-0.4, -0.2) is 37.5 Å². The van der Waals surface area contributed by atoms with Crippen LogP contribution >= 0.6 is 0 Å². The van der Waals surface area contributed by atoms with E-state index in [0.717, 1.165) is 0 Å². The predicted molar refractivity (Wildman–Crippen MR) is 31.9 cm³/mol. The molecule has 0 spiro atoms. The van der Waals surface area contributed by atoms with Crippen molar-refractivity contribution in [3.8, 4) is 0 Å². The summed E-state index contributed by atoms with van der Waals surface area (Å²) in [4.78, 5) is 11.9. The summed E-state index contributed by atoms with van der Waals surface area (Å²) in [5, 5.41) is 0. The first-order valence-electron chi connectivity index (χ1n) is 3.02. The van der Waals surface area contributed by atoms with Gasteiger partial charge in [-0.3, -0.25) is 0 Å². The Labute approximate surface area is 53.6 Å². The van der Waals surface area contributed by atoms with Crippen LogP contribution in [0.1, 0.15) is 0 Å². The van der Waals surface area contributed by atoms with Gasteiger partial charge >= 0.3 is 0 Å². The van der Waals surface area contributed by atoms with E-state index in [1.165, 1.54) is 0 Å². The third kappa shape index (κ3) is 1.27. The Morgan fingerprint density at radius 3 is 2.56 bits per heavy atom. The maximum absolute atomic E-state index is 12.6. The summed E-state index contributed by atoms with van der Waals surface area (Å²) >= 11 is 0. The van der Waals surface area contributed by atoms with E-state index in [0.29, 0.717) is 19.4 Å². The van der Waals surface area contributed by atoms with Crippen molar-refractivity contribution >= 4 is 6.29 Å². The second-order valence-corrected chi connectivity index (χ2v) is 2.54.